The standard InChI is InChI=1S/C22H25N5O2S/c1-15-8-9-19(12-16(15)2)27-11-10-23-22(27)30-14-20(28)24-25-21(29)17-6-5-7-18(13-17)26(3)4/h5-13H,14H2,1-4H3,(H,24,28)(H,25,29). The number of hydrogen-bond donors (Lipinski definition) is 2. The smallest absolute Gasteiger partial charge is 0.269 e. The van der Waals surface area contributed by atoms with E-state index in [-0.39, 0.29) is 17.6 Å². The minimum absolute atomic E-state index is 0.125. The van der Waals surface area contributed by atoms with Crippen molar-refractivity contribution in [1.29, 1.82) is 0 Å². The summed E-state index contributed by atoms with van der Waals surface area (Å²) in [6.07, 6.45) is 3.57. The molecule has 2 amide bonds. The van der Waals surface area contributed by atoms with E-state index >= 15 is 0 Å². The van der Waals surface area contributed by atoms with Gasteiger partial charge in [0, 0.05) is 43.4 Å². The van der Waals surface area contributed by atoms with Crippen molar-refractivity contribution in [1.82, 2.24) is 20.4 Å². The van der Waals surface area contributed by atoms with Gasteiger partial charge in [0.05, 0.1) is 5.75 Å². The van der Waals surface area contributed by atoms with Crippen LogP contribution in [0.15, 0.2) is 60.0 Å². The topological polar surface area (TPSA) is 79.3 Å². The Morgan fingerprint density at radius 3 is 2.60 bits per heavy atom. The molecular formula is C22H25N5O2S. The molecule has 0 unspecified atom stereocenters. The van der Waals surface area contributed by atoms with Gasteiger partial charge >= 0.3 is 0 Å². The van der Waals surface area contributed by atoms with Crippen molar-refractivity contribution >= 4 is 29.3 Å². The van der Waals surface area contributed by atoms with Gasteiger partial charge in [-0.3, -0.25) is 25.0 Å². The van der Waals surface area contributed by atoms with Crippen LogP contribution in [0.3, 0.4) is 0 Å². The number of rotatable bonds is 6. The highest BCUT2D eigenvalue weighted by atomic mass is 32.2. The number of thioether (sulfide) groups is 1. The molecule has 0 saturated heterocycles. The van der Waals surface area contributed by atoms with E-state index < -0.39 is 0 Å². The number of hydrazine groups is 1. The van der Waals surface area contributed by atoms with E-state index in [1.807, 2.05) is 41.9 Å². The number of carbonyl (C=O) groups excluding carboxylic acids is 2. The highest BCUT2D eigenvalue weighted by molar-refractivity contribution is 7.99. The van der Waals surface area contributed by atoms with E-state index in [0.717, 1.165) is 11.4 Å². The Hall–Kier alpha value is -3.26. The molecule has 1 aromatic heterocycles. The number of aromatic nitrogens is 2. The van der Waals surface area contributed by atoms with E-state index in [0.29, 0.717) is 10.7 Å². The SMILES string of the molecule is Cc1ccc(-n2ccnc2SCC(=O)NNC(=O)c2cccc(N(C)C)c2)cc1C. The average molecular weight is 424 g/mol. The molecule has 3 rings (SSSR count). The summed E-state index contributed by atoms with van der Waals surface area (Å²) >= 11 is 1.30. The molecule has 0 fully saturated rings. The molecule has 0 aliphatic rings. The molecule has 0 aliphatic heterocycles. The zero-order valence-corrected chi connectivity index (χ0v) is 18.3. The Balaban J connectivity index is 1.56. The number of nitrogens with one attached hydrogen (secondary N) is 2. The van der Waals surface area contributed by atoms with Gasteiger partial charge < -0.3 is 4.90 Å². The summed E-state index contributed by atoms with van der Waals surface area (Å²) in [5, 5.41) is 0.707. The largest absolute Gasteiger partial charge is 0.378 e. The number of aryl methyl sites for hydroxylation is 2. The van der Waals surface area contributed by atoms with Crippen LogP contribution in [0.25, 0.3) is 5.69 Å². The van der Waals surface area contributed by atoms with E-state index in [1.165, 1.54) is 22.9 Å². The third-order valence-corrected chi connectivity index (χ3v) is 5.61. The average Bonchev–Trinajstić information content (AvgIpc) is 3.21. The van der Waals surface area contributed by atoms with Crippen LogP contribution in [-0.2, 0) is 4.79 Å². The number of amides is 2. The van der Waals surface area contributed by atoms with Crippen LogP contribution < -0.4 is 15.8 Å². The van der Waals surface area contributed by atoms with Gasteiger partial charge in [0.15, 0.2) is 5.16 Å². The van der Waals surface area contributed by atoms with Gasteiger partial charge in [-0.25, -0.2) is 4.98 Å². The molecule has 0 spiro atoms. The molecule has 30 heavy (non-hydrogen) atoms. The quantitative estimate of drug-likeness (QED) is 0.470. The lowest BCUT2D eigenvalue weighted by Gasteiger charge is -2.13. The molecular weight excluding hydrogens is 398 g/mol. The number of nitrogens with zero attached hydrogens (tertiary/aromatic N) is 3. The summed E-state index contributed by atoms with van der Waals surface area (Å²) in [5.74, 6) is -0.555. The zero-order chi connectivity index (χ0) is 21.7. The molecule has 0 aliphatic carbocycles. The summed E-state index contributed by atoms with van der Waals surface area (Å²) in [7, 11) is 3.80. The number of hydrogen-bond acceptors (Lipinski definition) is 5. The van der Waals surface area contributed by atoms with Crippen molar-refractivity contribution in [2.24, 2.45) is 0 Å². The number of imidazole rings is 1. The molecule has 7 nitrogen and oxygen atoms in total. The fraction of sp³-hybridized carbons (Fsp3) is 0.227. The molecule has 2 N–H and O–H groups in total. The number of anilines is 1. The first-order valence-corrected chi connectivity index (χ1v) is 10.4. The molecule has 0 bridgehead atoms. The van der Waals surface area contributed by atoms with Crippen molar-refractivity contribution in [3.63, 3.8) is 0 Å². The number of carbonyl (C=O) groups is 2. The highest BCUT2D eigenvalue weighted by Gasteiger charge is 2.12. The van der Waals surface area contributed by atoms with E-state index in [1.54, 1.807) is 24.4 Å². The van der Waals surface area contributed by atoms with Gasteiger partial charge in [0.1, 0.15) is 0 Å². The van der Waals surface area contributed by atoms with Crippen LogP contribution in [0.4, 0.5) is 5.69 Å². The Kier molecular flexibility index (Phi) is 6.79. The summed E-state index contributed by atoms with van der Waals surface area (Å²) in [6, 6.07) is 13.3. The lowest BCUT2D eigenvalue weighted by atomic mass is 10.1. The normalized spacial score (nSPS) is 10.5. The maximum atomic E-state index is 12.3. The predicted octanol–water partition coefficient (Wildman–Crippen LogP) is 3.11. The second-order valence-electron chi connectivity index (χ2n) is 7.08. The van der Waals surface area contributed by atoms with Crippen molar-refractivity contribution in [2.45, 2.75) is 19.0 Å². The molecule has 0 saturated carbocycles. The van der Waals surface area contributed by atoms with Gasteiger partial charge in [0.25, 0.3) is 5.91 Å². The fourth-order valence-corrected chi connectivity index (χ4v) is 3.53. The number of benzene rings is 2. The van der Waals surface area contributed by atoms with Gasteiger partial charge in [-0.2, -0.15) is 0 Å². The lowest BCUT2D eigenvalue weighted by molar-refractivity contribution is -0.119. The molecule has 2 aromatic carbocycles. The van der Waals surface area contributed by atoms with Gasteiger partial charge in [-0.15, -0.1) is 0 Å². The molecule has 156 valence electrons. The monoisotopic (exact) mass is 423 g/mol. The van der Waals surface area contributed by atoms with Crippen LogP contribution in [0.1, 0.15) is 21.5 Å². The maximum absolute atomic E-state index is 12.3. The van der Waals surface area contributed by atoms with E-state index in [9.17, 15) is 9.59 Å². The van der Waals surface area contributed by atoms with E-state index in [4.69, 9.17) is 0 Å². The Morgan fingerprint density at radius 1 is 1.07 bits per heavy atom. The van der Waals surface area contributed by atoms with Gasteiger partial charge in [0.2, 0.25) is 5.91 Å². The first-order valence-electron chi connectivity index (χ1n) is 9.45. The highest BCUT2D eigenvalue weighted by Crippen LogP contribution is 2.22. The van der Waals surface area contributed by atoms with E-state index in [2.05, 4.69) is 41.8 Å². The lowest BCUT2D eigenvalue weighted by Crippen LogP contribution is -2.42. The predicted molar refractivity (Wildman–Crippen MR) is 120 cm³/mol. The van der Waals surface area contributed by atoms with Crippen LogP contribution in [0.2, 0.25) is 0 Å². The second-order valence-corrected chi connectivity index (χ2v) is 8.03. The van der Waals surface area contributed by atoms with Crippen LogP contribution in [0.5, 0.6) is 0 Å². The summed E-state index contributed by atoms with van der Waals surface area (Å²) < 4.78 is 1.94. The Morgan fingerprint density at radius 2 is 1.87 bits per heavy atom. The summed E-state index contributed by atoms with van der Waals surface area (Å²) in [5.41, 5.74) is 9.70. The zero-order valence-electron chi connectivity index (χ0n) is 17.5. The second kappa shape index (κ2) is 9.49. The van der Waals surface area contributed by atoms with Crippen molar-refractivity contribution < 1.29 is 9.59 Å². The summed E-state index contributed by atoms with van der Waals surface area (Å²) in [6.45, 7) is 4.13. The first kappa shape index (κ1) is 21.4. The first-order chi connectivity index (χ1) is 14.3. The van der Waals surface area contributed by atoms with Crippen molar-refractivity contribution in [3.05, 3.63) is 71.5 Å². The van der Waals surface area contributed by atoms with Gasteiger partial charge in [-0.05, 0) is 55.3 Å². The molecule has 0 radical (unpaired) electrons. The minimum Gasteiger partial charge on any atom is -0.378 e. The van der Waals surface area contributed by atoms with Gasteiger partial charge in [-0.1, -0.05) is 23.9 Å². The summed E-state index contributed by atoms with van der Waals surface area (Å²) in [4.78, 5) is 30.7. The molecule has 8 heteroatoms. The third-order valence-electron chi connectivity index (χ3n) is 4.65. The Labute approximate surface area is 180 Å². The minimum atomic E-state index is -0.367. The molecule has 0 atom stereocenters. The van der Waals surface area contributed by atoms with Crippen LogP contribution >= 0.6 is 11.8 Å². The molecule has 3 aromatic rings. The van der Waals surface area contributed by atoms with Crippen LogP contribution in [-0.4, -0.2) is 41.2 Å². The fourth-order valence-electron chi connectivity index (χ4n) is 2.76. The van der Waals surface area contributed by atoms with Crippen molar-refractivity contribution in [2.75, 3.05) is 24.7 Å². The third kappa shape index (κ3) is 5.21. The Bertz CT molecular complexity index is 1060. The molecule has 1 heterocycles. The maximum Gasteiger partial charge on any atom is 0.269 e. The van der Waals surface area contributed by atoms with Crippen LogP contribution in [0, 0.1) is 13.8 Å². The van der Waals surface area contributed by atoms with Crippen molar-refractivity contribution in [3.8, 4) is 5.69 Å².